The Balaban J connectivity index is 2.42. The molecule has 1 aromatic heterocycles. The van der Waals surface area contributed by atoms with Gasteiger partial charge in [-0.2, -0.15) is 0 Å². The number of allylic oxidation sites excluding steroid dienone is 1. The van der Waals surface area contributed by atoms with Gasteiger partial charge in [-0.05, 0) is 31.2 Å². The summed E-state index contributed by atoms with van der Waals surface area (Å²) in [5, 5.41) is 0.751. The summed E-state index contributed by atoms with van der Waals surface area (Å²) < 4.78 is 10.9. The van der Waals surface area contributed by atoms with E-state index in [0.717, 1.165) is 5.39 Å². The molecule has 0 aliphatic rings. The number of fused-ring (bicyclic) bond motifs is 1. The first-order valence-corrected chi connectivity index (χ1v) is 5.60. The second-order valence-corrected chi connectivity index (χ2v) is 4.02. The monoisotopic (exact) mass is 259 g/mol. The number of carbonyl (C=O) groups is 2. The van der Waals surface area contributed by atoms with Gasteiger partial charge in [-0.15, -0.1) is 0 Å². The molecule has 5 nitrogen and oxygen atoms in total. The van der Waals surface area contributed by atoms with Crippen molar-refractivity contribution in [2.24, 2.45) is 0 Å². The van der Waals surface area contributed by atoms with E-state index in [-0.39, 0.29) is 0 Å². The van der Waals surface area contributed by atoms with Crippen LogP contribution in [-0.2, 0) is 9.47 Å². The number of esters is 1. The Bertz CT molecular complexity index is 669. The zero-order valence-electron chi connectivity index (χ0n) is 10.7. The molecule has 0 saturated heterocycles. The van der Waals surface area contributed by atoms with Crippen LogP contribution >= 0.6 is 0 Å². The molecule has 0 spiro atoms. The number of ether oxygens (including phenoxy) is 2. The van der Waals surface area contributed by atoms with E-state index in [1.165, 1.54) is 11.7 Å². The van der Waals surface area contributed by atoms with Crippen LogP contribution in [0.5, 0.6) is 0 Å². The molecule has 5 heteroatoms. The van der Waals surface area contributed by atoms with Crippen molar-refractivity contribution in [2.75, 3.05) is 7.11 Å². The van der Waals surface area contributed by atoms with Gasteiger partial charge in [-0.3, -0.25) is 4.57 Å². The fourth-order valence-electron chi connectivity index (χ4n) is 1.74. The Labute approximate surface area is 110 Å². The van der Waals surface area contributed by atoms with Gasteiger partial charge in [0.15, 0.2) is 0 Å². The first-order valence-electron chi connectivity index (χ1n) is 5.60. The highest BCUT2D eigenvalue weighted by molar-refractivity contribution is 5.97. The molecule has 1 heterocycles. The van der Waals surface area contributed by atoms with Gasteiger partial charge in [0, 0.05) is 11.6 Å². The molecular formula is C14H13NO4. The van der Waals surface area contributed by atoms with Crippen LogP contribution in [0.2, 0.25) is 0 Å². The molecule has 98 valence electrons. The summed E-state index contributed by atoms with van der Waals surface area (Å²) in [4.78, 5) is 23.2. The first-order chi connectivity index (χ1) is 9.02. The molecule has 2 aromatic rings. The van der Waals surface area contributed by atoms with Gasteiger partial charge in [-0.1, -0.05) is 6.58 Å². The van der Waals surface area contributed by atoms with E-state index in [1.54, 1.807) is 37.4 Å². The van der Waals surface area contributed by atoms with E-state index < -0.39 is 12.1 Å². The Morgan fingerprint density at radius 2 is 2.00 bits per heavy atom. The van der Waals surface area contributed by atoms with Gasteiger partial charge in [0.05, 0.1) is 23.9 Å². The SMILES string of the molecule is C=C(C)OC(=O)n1ccc2cc(C(=O)OC)ccc21. The molecule has 2 rings (SSSR count). The fraction of sp³-hybridized carbons (Fsp3) is 0.143. The molecular weight excluding hydrogens is 246 g/mol. The number of carbonyl (C=O) groups excluding carboxylic acids is 2. The lowest BCUT2D eigenvalue weighted by molar-refractivity contribution is 0.0601. The van der Waals surface area contributed by atoms with E-state index in [9.17, 15) is 9.59 Å². The molecule has 0 radical (unpaired) electrons. The van der Waals surface area contributed by atoms with Crippen molar-refractivity contribution in [2.45, 2.75) is 6.92 Å². The summed E-state index contributed by atoms with van der Waals surface area (Å²) in [6, 6.07) is 6.65. The van der Waals surface area contributed by atoms with Crippen LogP contribution in [-0.4, -0.2) is 23.7 Å². The molecule has 0 amide bonds. The summed E-state index contributed by atoms with van der Waals surface area (Å²) in [6.45, 7) is 5.11. The van der Waals surface area contributed by atoms with E-state index in [4.69, 9.17) is 4.74 Å². The van der Waals surface area contributed by atoms with Crippen molar-refractivity contribution in [3.63, 3.8) is 0 Å². The normalized spacial score (nSPS) is 10.2. The standard InChI is InChI=1S/C14H13NO4/c1-9(2)19-14(17)15-7-6-10-8-11(13(16)18-3)4-5-12(10)15/h4-8H,1H2,2-3H3. The minimum atomic E-state index is -0.534. The molecule has 0 bridgehead atoms. The highest BCUT2D eigenvalue weighted by Crippen LogP contribution is 2.19. The zero-order valence-corrected chi connectivity index (χ0v) is 10.7. The van der Waals surface area contributed by atoms with Crippen LogP contribution in [0, 0.1) is 0 Å². The lowest BCUT2D eigenvalue weighted by atomic mass is 10.1. The quantitative estimate of drug-likeness (QED) is 0.614. The van der Waals surface area contributed by atoms with E-state index in [1.807, 2.05) is 0 Å². The lowest BCUT2D eigenvalue weighted by Gasteiger charge is -2.05. The van der Waals surface area contributed by atoms with Gasteiger partial charge < -0.3 is 9.47 Å². The van der Waals surface area contributed by atoms with Crippen molar-refractivity contribution < 1.29 is 19.1 Å². The van der Waals surface area contributed by atoms with Crippen molar-refractivity contribution >= 4 is 23.0 Å². The molecule has 0 fully saturated rings. The van der Waals surface area contributed by atoms with E-state index in [0.29, 0.717) is 16.8 Å². The lowest BCUT2D eigenvalue weighted by Crippen LogP contribution is -2.11. The zero-order chi connectivity index (χ0) is 14.0. The minimum absolute atomic E-state index is 0.318. The molecule has 0 N–H and O–H groups in total. The molecule has 0 aliphatic heterocycles. The maximum absolute atomic E-state index is 11.8. The number of methoxy groups -OCH3 is 1. The largest absolute Gasteiger partial charge is 0.465 e. The Hall–Kier alpha value is -2.56. The highest BCUT2D eigenvalue weighted by Gasteiger charge is 2.12. The van der Waals surface area contributed by atoms with Crippen molar-refractivity contribution in [1.82, 2.24) is 4.57 Å². The number of rotatable bonds is 2. The van der Waals surface area contributed by atoms with Crippen LogP contribution in [0.4, 0.5) is 4.79 Å². The maximum Gasteiger partial charge on any atom is 0.423 e. The second-order valence-electron chi connectivity index (χ2n) is 4.02. The van der Waals surface area contributed by atoms with Crippen LogP contribution in [0.1, 0.15) is 17.3 Å². The van der Waals surface area contributed by atoms with Gasteiger partial charge in [0.2, 0.25) is 0 Å². The molecule has 0 aliphatic carbocycles. The van der Waals surface area contributed by atoms with Gasteiger partial charge >= 0.3 is 12.1 Å². The van der Waals surface area contributed by atoms with E-state index >= 15 is 0 Å². The van der Waals surface area contributed by atoms with Crippen LogP contribution in [0.25, 0.3) is 10.9 Å². The molecule has 0 atom stereocenters. The van der Waals surface area contributed by atoms with E-state index in [2.05, 4.69) is 11.3 Å². The number of hydrogen-bond acceptors (Lipinski definition) is 4. The maximum atomic E-state index is 11.8. The first kappa shape index (κ1) is 12.9. The summed E-state index contributed by atoms with van der Waals surface area (Å²) in [5.74, 6) is -0.0998. The number of aromatic nitrogens is 1. The molecule has 0 saturated carbocycles. The second kappa shape index (κ2) is 4.97. The van der Waals surface area contributed by atoms with Gasteiger partial charge in [-0.25, -0.2) is 9.59 Å². The number of nitrogens with zero attached hydrogens (tertiary/aromatic N) is 1. The fourth-order valence-corrected chi connectivity index (χ4v) is 1.74. The third-order valence-corrected chi connectivity index (χ3v) is 2.57. The Kier molecular flexibility index (Phi) is 3.37. The predicted molar refractivity (Wildman–Crippen MR) is 70.0 cm³/mol. The third-order valence-electron chi connectivity index (χ3n) is 2.57. The van der Waals surface area contributed by atoms with Crippen LogP contribution in [0.15, 0.2) is 42.8 Å². The van der Waals surface area contributed by atoms with Crippen molar-refractivity contribution in [3.8, 4) is 0 Å². The third kappa shape index (κ3) is 2.49. The summed E-state index contributed by atoms with van der Waals surface area (Å²) >= 11 is 0. The number of hydrogen-bond donors (Lipinski definition) is 0. The topological polar surface area (TPSA) is 57.5 Å². The number of benzene rings is 1. The van der Waals surface area contributed by atoms with Crippen LogP contribution < -0.4 is 0 Å². The van der Waals surface area contributed by atoms with Gasteiger partial charge in [0.25, 0.3) is 0 Å². The smallest absolute Gasteiger partial charge is 0.423 e. The predicted octanol–water partition coefficient (Wildman–Crippen LogP) is 2.95. The van der Waals surface area contributed by atoms with Crippen molar-refractivity contribution in [3.05, 3.63) is 48.4 Å². The molecule has 19 heavy (non-hydrogen) atoms. The summed E-state index contributed by atoms with van der Waals surface area (Å²) in [5.41, 5.74) is 1.08. The van der Waals surface area contributed by atoms with Crippen LogP contribution in [0.3, 0.4) is 0 Å². The summed E-state index contributed by atoms with van der Waals surface area (Å²) in [6.07, 6.45) is 1.05. The Morgan fingerprint density at radius 1 is 1.26 bits per heavy atom. The molecule has 0 unspecified atom stereocenters. The minimum Gasteiger partial charge on any atom is -0.465 e. The van der Waals surface area contributed by atoms with Gasteiger partial charge in [0.1, 0.15) is 0 Å². The highest BCUT2D eigenvalue weighted by atomic mass is 16.6. The Morgan fingerprint density at radius 3 is 2.63 bits per heavy atom. The average molecular weight is 259 g/mol. The molecule has 1 aromatic carbocycles. The summed E-state index contributed by atoms with van der Waals surface area (Å²) in [7, 11) is 1.32. The van der Waals surface area contributed by atoms with Crippen molar-refractivity contribution in [1.29, 1.82) is 0 Å². The average Bonchev–Trinajstić information content (AvgIpc) is 2.79.